The second-order valence-electron chi connectivity index (χ2n) is 15.0. The van der Waals surface area contributed by atoms with Crippen molar-refractivity contribution in [2.24, 2.45) is 0 Å². The van der Waals surface area contributed by atoms with Gasteiger partial charge in [0, 0.05) is 18.2 Å². The van der Waals surface area contributed by atoms with E-state index in [4.69, 9.17) is 33.2 Å². The number of ether oxygens (including phenoxy) is 8. The van der Waals surface area contributed by atoms with E-state index in [0.29, 0.717) is 5.56 Å². The summed E-state index contributed by atoms with van der Waals surface area (Å²) in [5.41, 5.74) is 0.709. The molecule has 0 amide bonds. The van der Waals surface area contributed by atoms with Crippen LogP contribution in [0.15, 0.2) is 66.4 Å². The number of benzene rings is 3. The van der Waals surface area contributed by atoms with Gasteiger partial charge in [0.2, 0.25) is 12.6 Å². The van der Waals surface area contributed by atoms with Gasteiger partial charge >= 0.3 is 5.97 Å². The van der Waals surface area contributed by atoms with Crippen molar-refractivity contribution in [3.63, 3.8) is 0 Å². The molecule has 0 bridgehead atoms. The zero-order chi connectivity index (χ0) is 45.3. The monoisotopic (exact) mass is 891 g/mol. The Morgan fingerprint density at radius 2 is 1.29 bits per heavy atom. The summed E-state index contributed by atoms with van der Waals surface area (Å²) in [6.07, 6.45) is -21.6. The highest BCUT2D eigenvalue weighted by Gasteiger charge is 2.53. The van der Waals surface area contributed by atoms with Crippen LogP contribution in [0.3, 0.4) is 0 Å². The van der Waals surface area contributed by atoms with E-state index >= 15 is 0 Å². The number of aromatic hydroxyl groups is 5. The average molecular weight is 892 g/mol. The van der Waals surface area contributed by atoms with Gasteiger partial charge in [0.05, 0.1) is 24.8 Å². The molecule has 1 unspecified atom stereocenters. The van der Waals surface area contributed by atoms with Crippen LogP contribution in [0, 0.1) is 0 Å². The topological polar surface area (TPSA) is 357 Å². The van der Waals surface area contributed by atoms with Crippen molar-refractivity contribution in [1.29, 1.82) is 0 Å². The molecule has 7 rings (SSSR count). The van der Waals surface area contributed by atoms with E-state index in [0.717, 1.165) is 24.3 Å². The fourth-order valence-electron chi connectivity index (χ4n) is 7.22. The lowest BCUT2D eigenvalue weighted by Gasteiger charge is -2.43. The van der Waals surface area contributed by atoms with Crippen molar-refractivity contribution < 1.29 is 109 Å². The first-order valence-corrected chi connectivity index (χ1v) is 19.4. The molecule has 22 nitrogen and oxygen atoms in total. The van der Waals surface area contributed by atoms with E-state index in [1.807, 2.05) is 0 Å². The third kappa shape index (κ3) is 9.78. The Balaban J connectivity index is 1.23. The van der Waals surface area contributed by atoms with Gasteiger partial charge in [-0.1, -0.05) is 12.1 Å². The first kappa shape index (κ1) is 45.7. The van der Waals surface area contributed by atoms with Crippen LogP contribution >= 0.6 is 0 Å². The SMILES string of the molecule is O=C(/C=C\c1ccc(O)cc1)OC[C@H]1O[C@@H](OC2=Cc3c(O[C@@H]4O[C@H](CO)[C@@H](O)[C@H](O)[C@H]4O)cc(O)cc3[OH+]C2c2ccc(O)c(O)c2)[C@H](O[C@@H]2O[C@H](CO)[C@H](O)[C@H]2O)[C@@H](O)[C@@H]1O. The maximum Gasteiger partial charge on any atom is 0.330 e. The number of phenols is 4. The van der Waals surface area contributed by atoms with E-state index in [2.05, 4.69) is 4.74 Å². The van der Waals surface area contributed by atoms with Crippen molar-refractivity contribution in [2.45, 2.75) is 92.1 Å². The van der Waals surface area contributed by atoms with Gasteiger partial charge in [0.1, 0.15) is 90.5 Å². The minimum absolute atomic E-state index is 0.00369. The molecule has 63 heavy (non-hydrogen) atoms. The summed E-state index contributed by atoms with van der Waals surface area (Å²) in [5.74, 6) is -2.85. The van der Waals surface area contributed by atoms with Crippen LogP contribution in [0.1, 0.15) is 22.8 Å². The van der Waals surface area contributed by atoms with Crippen molar-refractivity contribution in [3.05, 3.63) is 83.1 Å². The smallest absolute Gasteiger partial charge is 0.330 e. The highest BCUT2D eigenvalue weighted by atomic mass is 16.8. The number of fused-ring (bicyclic) bond motifs is 1. The lowest BCUT2D eigenvalue weighted by Crippen LogP contribution is -2.61. The van der Waals surface area contributed by atoms with E-state index in [1.54, 1.807) is 0 Å². The maximum atomic E-state index is 12.7. The summed E-state index contributed by atoms with van der Waals surface area (Å²) >= 11 is 0. The molecule has 0 saturated carbocycles. The van der Waals surface area contributed by atoms with Gasteiger partial charge < -0.3 is 104 Å². The summed E-state index contributed by atoms with van der Waals surface area (Å²) in [4.78, 5) is 12.7. The Morgan fingerprint density at radius 1 is 0.651 bits per heavy atom. The van der Waals surface area contributed by atoms with Gasteiger partial charge in [-0.15, -0.1) is 0 Å². The summed E-state index contributed by atoms with van der Waals surface area (Å²) < 4.78 is 45.2. The molecule has 4 aliphatic rings. The molecule has 342 valence electrons. The Bertz CT molecular complexity index is 2130. The first-order valence-electron chi connectivity index (χ1n) is 19.4. The maximum absolute atomic E-state index is 12.7. The van der Waals surface area contributed by atoms with Crippen LogP contribution in [0.2, 0.25) is 0 Å². The molecule has 22 heteroatoms. The van der Waals surface area contributed by atoms with Crippen LogP contribution in [-0.2, 0) is 33.2 Å². The molecule has 4 aliphatic heterocycles. The molecular formula is C41H47O22+. The lowest BCUT2D eigenvalue weighted by atomic mass is 9.98. The molecule has 0 radical (unpaired) electrons. The molecular weight excluding hydrogens is 844 g/mol. The van der Waals surface area contributed by atoms with Crippen LogP contribution in [-0.4, -0.2) is 183 Å². The zero-order valence-corrected chi connectivity index (χ0v) is 32.7. The Morgan fingerprint density at radius 3 is 1.97 bits per heavy atom. The minimum atomic E-state index is -1.98. The van der Waals surface area contributed by atoms with Gasteiger partial charge in [-0.05, 0) is 42.0 Å². The average Bonchev–Trinajstić information content (AvgIpc) is 3.54. The molecule has 3 aromatic rings. The Kier molecular flexibility index (Phi) is 13.9. The van der Waals surface area contributed by atoms with Crippen molar-refractivity contribution >= 4 is 18.1 Å². The number of rotatable bonds is 13. The van der Waals surface area contributed by atoms with Crippen LogP contribution in [0.4, 0.5) is 0 Å². The van der Waals surface area contributed by atoms with Crippen LogP contribution in [0.25, 0.3) is 12.2 Å². The number of hydrogen-bond donors (Lipinski definition) is 13. The molecule has 3 fully saturated rings. The molecule has 15 atom stereocenters. The van der Waals surface area contributed by atoms with Crippen molar-refractivity contribution in [3.8, 4) is 34.5 Å². The summed E-state index contributed by atoms with van der Waals surface area (Å²) in [6, 6.07) is 11.8. The van der Waals surface area contributed by atoms with Crippen molar-refractivity contribution in [1.82, 2.24) is 0 Å². The standard InChI is InChI=1S/C41H46O22/c42-13-26-30(49)33(52)36(55)39(60-26)58-24-11-19(45)10-23-20(24)12-25(37(57-23)17-4-7-21(46)22(47)9-17)59-41-38(63-40-35(54)31(50)27(14-43)61-40)34(53)32(51)28(62-41)15-56-29(48)8-3-16-1-5-18(44)6-2-16/h1-12,26-28,30-47,49-55H,13-15H2/p+1/b8-3-/t26-,27-,28-,30-,31+,32-,33+,34+,35-,36-,37?,38-,39-,40+,41-/m1/s1. The summed E-state index contributed by atoms with van der Waals surface area (Å²) in [5, 5.41) is 136. The second kappa shape index (κ2) is 19.2. The fraction of sp³-hybridized carbons (Fsp3) is 0.439. The van der Waals surface area contributed by atoms with Gasteiger partial charge in [0.25, 0.3) is 11.9 Å². The largest absolute Gasteiger partial charge is 0.571 e. The molecule has 4 heterocycles. The van der Waals surface area contributed by atoms with Gasteiger partial charge in [-0.3, -0.25) is 0 Å². The normalized spacial score (nSPS) is 34.2. The number of phenolic OH excluding ortho intramolecular Hbond substituents is 4. The quantitative estimate of drug-likeness (QED) is 0.0367. The summed E-state index contributed by atoms with van der Waals surface area (Å²) in [6.45, 7) is -2.20. The minimum Gasteiger partial charge on any atom is -0.571 e. The number of carbonyl (C=O) groups excluding carboxylic acids is 1. The molecule has 0 spiro atoms. The second-order valence-corrected chi connectivity index (χ2v) is 15.0. The number of esters is 1. The number of hydrogen-bond acceptors (Lipinski definition) is 21. The Hall–Kier alpha value is -5.31. The molecule has 0 aromatic heterocycles. The fourth-order valence-corrected chi connectivity index (χ4v) is 7.22. The van der Waals surface area contributed by atoms with Crippen molar-refractivity contribution in [2.75, 3.05) is 19.8 Å². The third-order valence-corrected chi connectivity index (χ3v) is 10.7. The van der Waals surface area contributed by atoms with Gasteiger partial charge in [-0.25, -0.2) is 4.79 Å². The highest BCUT2D eigenvalue weighted by molar-refractivity contribution is 5.87. The highest BCUT2D eigenvalue weighted by Crippen LogP contribution is 2.47. The third-order valence-electron chi connectivity index (χ3n) is 10.7. The van der Waals surface area contributed by atoms with E-state index in [1.165, 1.54) is 48.6 Å². The van der Waals surface area contributed by atoms with Crippen LogP contribution < -0.4 is 4.74 Å². The lowest BCUT2D eigenvalue weighted by molar-refractivity contribution is -0.333. The Labute approximate surface area is 356 Å². The van der Waals surface area contributed by atoms with Gasteiger partial charge in [0.15, 0.2) is 29.7 Å². The molecule has 3 saturated heterocycles. The molecule has 14 N–H and O–H groups in total. The van der Waals surface area contributed by atoms with Crippen LogP contribution in [0.5, 0.6) is 34.5 Å². The van der Waals surface area contributed by atoms with E-state index in [9.17, 15) is 71.2 Å². The zero-order valence-electron chi connectivity index (χ0n) is 32.7. The van der Waals surface area contributed by atoms with E-state index in [-0.39, 0.29) is 34.1 Å². The van der Waals surface area contributed by atoms with Gasteiger partial charge in [-0.2, -0.15) is 0 Å². The summed E-state index contributed by atoms with van der Waals surface area (Å²) in [7, 11) is 0. The number of carbonyl (C=O) groups is 1. The number of aliphatic hydroxyl groups is 10. The predicted octanol–water partition coefficient (Wildman–Crippen LogP) is -2.43. The molecule has 3 aromatic carbocycles. The molecule has 0 aliphatic carbocycles. The number of aliphatic hydroxyl groups excluding tert-OH is 9. The predicted molar refractivity (Wildman–Crippen MR) is 207 cm³/mol. The first-order chi connectivity index (χ1) is 30.1. The van der Waals surface area contributed by atoms with E-state index < -0.39 is 135 Å².